The van der Waals surface area contributed by atoms with Gasteiger partial charge in [0.15, 0.2) is 0 Å². The summed E-state index contributed by atoms with van der Waals surface area (Å²) >= 11 is 0. The van der Waals surface area contributed by atoms with E-state index in [9.17, 15) is 0 Å². The molecule has 0 bridgehead atoms. The molecule has 4 heteroatoms. The number of aliphatic hydroxyl groups excluding tert-OH is 1. The standard InChI is InChI=1S/C12H26N2O2/c15-11-10-14(12-6-2-3-7-12)9-5-1-4-8-13-16/h12-13,15-16H,1-11H2. The summed E-state index contributed by atoms with van der Waals surface area (Å²) in [5.41, 5.74) is 2.18. The zero-order valence-corrected chi connectivity index (χ0v) is 10.2. The lowest BCUT2D eigenvalue weighted by molar-refractivity contribution is 0.146. The molecule has 0 aromatic carbocycles. The van der Waals surface area contributed by atoms with E-state index in [0.717, 1.165) is 32.4 Å². The predicted molar refractivity (Wildman–Crippen MR) is 64.6 cm³/mol. The minimum Gasteiger partial charge on any atom is -0.395 e. The third-order valence-electron chi connectivity index (χ3n) is 3.46. The van der Waals surface area contributed by atoms with Crippen LogP contribution in [0.2, 0.25) is 0 Å². The van der Waals surface area contributed by atoms with E-state index in [1.165, 1.54) is 25.7 Å². The first kappa shape index (κ1) is 13.9. The van der Waals surface area contributed by atoms with Crippen LogP contribution in [0.5, 0.6) is 0 Å². The highest BCUT2D eigenvalue weighted by Crippen LogP contribution is 2.23. The van der Waals surface area contributed by atoms with E-state index in [2.05, 4.69) is 10.4 Å². The first-order valence-corrected chi connectivity index (χ1v) is 6.60. The highest BCUT2D eigenvalue weighted by atomic mass is 16.5. The monoisotopic (exact) mass is 230 g/mol. The second-order valence-electron chi connectivity index (χ2n) is 4.67. The summed E-state index contributed by atoms with van der Waals surface area (Å²) in [6, 6.07) is 0.711. The number of rotatable bonds is 9. The fourth-order valence-electron chi connectivity index (χ4n) is 2.57. The van der Waals surface area contributed by atoms with Crippen molar-refractivity contribution in [1.29, 1.82) is 0 Å². The van der Waals surface area contributed by atoms with Gasteiger partial charge >= 0.3 is 0 Å². The average molecular weight is 230 g/mol. The lowest BCUT2D eigenvalue weighted by Crippen LogP contribution is -2.36. The molecule has 1 fully saturated rings. The summed E-state index contributed by atoms with van der Waals surface area (Å²) in [6.07, 6.45) is 8.63. The molecular formula is C12H26N2O2. The van der Waals surface area contributed by atoms with E-state index in [4.69, 9.17) is 10.3 Å². The van der Waals surface area contributed by atoms with E-state index < -0.39 is 0 Å². The van der Waals surface area contributed by atoms with E-state index in [1.807, 2.05) is 0 Å². The van der Waals surface area contributed by atoms with Gasteiger partial charge in [-0.3, -0.25) is 4.90 Å². The Morgan fingerprint density at radius 3 is 2.44 bits per heavy atom. The van der Waals surface area contributed by atoms with Gasteiger partial charge in [0, 0.05) is 19.1 Å². The molecule has 0 aromatic rings. The van der Waals surface area contributed by atoms with Gasteiger partial charge in [0.1, 0.15) is 0 Å². The van der Waals surface area contributed by atoms with Gasteiger partial charge in [-0.25, -0.2) is 5.48 Å². The normalized spacial score (nSPS) is 17.4. The maximum atomic E-state index is 9.05. The molecule has 1 rings (SSSR count). The Kier molecular flexibility index (Phi) is 7.76. The van der Waals surface area contributed by atoms with Crippen molar-refractivity contribution in [3.05, 3.63) is 0 Å². The topological polar surface area (TPSA) is 55.7 Å². The molecule has 0 spiro atoms. The molecule has 16 heavy (non-hydrogen) atoms. The second kappa shape index (κ2) is 8.93. The lowest BCUT2D eigenvalue weighted by Gasteiger charge is -2.28. The van der Waals surface area contributed by atoms with Crippen molar-refractivity contribution in [3.8, 4) is 0 Å². The van der Waals surface area contributed by atoms with Crippen molar-refractivity contribution in [2.75, 3.05) is 26.2 Å². The number of hydrogen-bond acceptors (Lipinski definition) is 4. The Morgan fingerprint density at radius 1 is 1.06 bits per heavy atom. The summed E-state index contributed by atoms with van der Waals surface area (Å²) in [5, 5.41) is 17.5. The second-order valence-corrected chi connectivity index (χ2v) is 4.67. The van der Waals surface area contributed by atoms with E-state index in [-0.39, 0.29) is 6.61 Å². The molecule has 1 aliphatic carbocycles. The number of nitrogens with one attached hydrogen (secondary N) is 1. The van der Waals surface area contributed by atoms with Crippen LogP contribution in [0.25, 0.3) is 0 Å². The van der Waals surface area contributed by atoms with Crippen molar-refractivity contribution >= 4 is 0 Å². The quantitative estimate of drug-likeness (QED) is 0.414. The van der Waals surface area contributed by atoms with Crippen molar-refractivity contribution < 1.29 is 10.3 Å². The van der Waals surface area contributed by atoms with Gasteiger partial charge in [-0.15, -0.1) is 0 Å². The third kappa shape index (κ3) is 5.25. The smallest absolute Gasteiger partial charge is 0.0558 e. The van der Waals surface area contributed by atoms with E-state index in [1.54, 1.807) is 0 Å². The zero-order chi connectivity index (χ0) is 11.6. The molecule has 0 atom stereocenters. The number of aliphatic hydroxyl groups is 1. The molecule has 1 aliphatic rings. The summed E-state index contributed by atoms with van der Waals surface area (Å²) in [7, 11) is 0. The Balaban J connectivity index is 2.12. The van der Waals surface area contributed by atoms with E-state index in [0.29, 0.717) is 12.6 Å². The van der Waals surface area contributed by atoms with Crippen LogP contribution in [0.4, 0.5) is 0 Å². The predicted octanol–water partition coefficient (Wildman–Crippen LogP) is 1.37. The van der Waals surface area contributed by atoms with Crippen molar-refractivity contribution in [2.45, 2.75) is 51.0 Å². The summed E-state index contributed by atoms with van der Waals surface area (Å²) in [6.45, 7) is 2.87. The maximum absolute atomic E-state index is 9.05. The van der Waals surface area contributed by atoms with Crippen LogP contribution < -0.4 is 5.48 Å². The lowest BCUT2D eigenvalue weighted by atomic mass is 10.1. The minimum absolute atomic E-state index is 0.273. The SMILES string of the molecule is OCCN(CCCCCNO)C1CCCC1. The van der Waals surface area contributed by atoms with Gasteiger partial charge in [-0.05, 0) is 32.2 Å². The fraction of sp³-hybridized carbons (Fsp3) is 1.00. The molecule has 1 saturated carbocycles. The average Bonchev–Trinajstić information content (AvgIpc) is 2.81. The van der Waals surface area contributed by atoms with Crippen LogP contribution in [0.1, 0.15) is 44.9 Å². The summed E-state index contributed by atoms with van der Waals surface area (Å²) in [5.74, 6) is 0. The molecule has 0 heterocycles. The van der Waals surface area contributed by atoms with Crippen LogP contribution in [0.3, 0.4) is 0 Å². The Hall–Kier alpha value is -0.160. The van der Waals surface area contributed by atoms with Crippen LogP contribution in [-0.2, 0) is 0 Å². The highest BCUT2D eigenvalue weighted by Gasteiger charge is 2.21. The van der Waals surface area contributed by atoms with Gasteiger partial charge in [0.05, 0.1) is 6.61 Å². The Morgan fingerprint density at radius 2 is 1.81 bits per heavy atom. The van der Waals surface area contributed by atoms with Crippen molar-refractivity contribution in [2.24, 2.45) is 0 Å². The summed E-state index contributed by atoms with van der Waals surface area (Å²) in [4.78, 5) is 2.44. The molecule has 96 valence electrons. The van der Waals surface area contributed by atoms with E-state index >= 15 is 0 Å². The molecule has 4 nitrogen and oxygen atoms in total. The zero-order valence-electron chi connectivity index (χ0n) is 10.2. The molecule has 0 aromatic heterocycles. The molecule has 0 saturated heterocycles. The van der Waals surface area contributed by atoms with Crippen LogP contribution in [-0.4, -0.2) is 47.5 Å². The number of nitrogens with zero attached hydrogens (tertiary/aromatic N) is 1. The summed E-state index contributed by atoms with van der Waals surface area (Å²) < 4.78 is 0. The Labute approximate surface area is 98.6 Å². The van der Waals surface area contributed by atoms with Gasteiger partial charge in [0.25, 0.3) is 0 Å². The number of hydrogen-bond donors (Lipinski definition) is 3. The molecular weight excluding hydrogens is 204 g/mol. The first-order valence-electron chi connectivity index (χ1n) is 6.60. The van der Waals surface area contributed by atoms with Crippen LogP contribution in [0.15, 0.2) is 0 Å². The van der Waals surface area contributed by atoms with Crippen molar-refractivity contribution in [3.63, 3.8) is 0 Å². The van der Waals surface area contributed by atoms with Crippen molar-refractivity contribution in [1.82, 2.24) is 10.4 Å². The minimum atomic E-state index is 0.273. The van der Waals surface area contributed by atoms with Gasteiger partial charge < -0.3 is 10.3 Å². The van der Waals surface area contributed by atoms with Gasteiger partial charge in [-0.1, -0.05) is 19.3 Å². The number of hydroxylamine groups is 1. The maximum Gasteiger partial charge on any atom is 0.0558 e. The van der Waals surface area contributed by atoms with Gasteiger partial charge in [-0.2, -0.15) is 0 Å². The Bertz CT molecular complexity index is 161. The van der Waals surface area contributed by atoms with Crippen LogP contribution >= 0.6 is 0 Å². The third-order valence-corrected chi connectivity index (χ3v) is 3.46. The number of unbranched alkanes of at least 4 members (excludes halogenated alkanes) is 2. The molecule has 0 unspecified atom stereocenters. The van der Waals surface area contributed by atoms with Crippen LogP contribution in [0, 0.1) is 0 Å². The molecule has 0 aliphatic heterocycles. The highest BCUT2D eigenvalue weighted by molar-refractivity contribution is 4.77. The molecule has 0 amide bonds. The molecule has 0 radical (unpaired) electrons. The molecule has 3 N–H and O–H groups in total. The largest absolute Gasteiger partial charge is 0.395 e. The first-order chi connectivity index (χ1) is 7.88. The van der Waals surface area contributed by atoms with Gasteiger partial charge in [0.2, 0.25) is 0 Å². The fourth-order valence-corrected chi connectivity index (χ4v) is 2.57.